The third-order valence-corrected chi connectivity index (χ3v) is 3.96. The molecule has 1 amide bonds. The summed E-state index contributed by atoms with van der Waals surface area (Å²) in [7, 11) is 0. The molecule has 8 heteroatoms. The molecule has 7 nitrogen and oxygen atoms in total. The van der Waals surface area contributed by atoms with Gasteiger partial charge in [-0.3, -0.25) is 14.9 Å². The van der Waals surface area contributed by atoms with Crippen LogP contribution in [0.5, 0.6) is 0 Å². The molecule has 0 aliphatic carbocycles. The summed E-state index contributed by atoms with van der Waals surface area (Å²) in [5.41, 5.74) is 2.10. The number of rotatable bonds is 4. The molecule has 2 aromatic carbocycles. The molecule has 1 aromatic heterocycles. The van der Waals surface area contributed by atoms with E-state index in [1.54, 1.807) is 36.5 Å². The van der Waals surface area contributed by atoms with Gasteiger partial charge in [-0.1, -0.05) is 23.7 Å². The number of nitro groups is 1. The third-order valence-electron chi connectivity index (χ3n) is 3.56. The van der Waals surface area contributed by atoms with Gasteiger partial charge in [0, 0.05) is 29.0 Å². The number of benzene rings is 2. The topological polar surface area (TPSA) is 90.1 Å². The van der Waals surface area contributed by atoms with E-state index in [1.165, 1.54) is 22.9 Å². The Morgan fingerprint density at radius 3 is 2.76 bits per heavy atom. The summed E-state index contributed by atoms with van der Waals surface area (Å²) in [4.78, 5) is 22.7. The van der Waals surface area contributed by atoms with Gasteiger partial charge in [0.15, 0.2) is 5.69 Å². The lowest BCUT2D eigenvalue weighted by Gasteiger charge is -2.05. The molecule has 0 atom stereocenters. The van der Waals surface area contributed by atoms with E-state index in [4.69, 9.17) is 11.6 Å². The molecule has 1 N–H and O–H groups in total. The Hall–Kier alpha value is -3.19. The number of hydrogen-bond donors (Lipinski definition) is 1. The van der Waals surface area contributed by atoms with Crippen LogP contribution in [0.2, 0.25) is 5.02 Å². The van der Waals surface area contributed by atoms with Gasteiger partial charge in [-0.05, 0) is 36.8 Å². The van der Waals surface area contributed by atoms with Crippen LogP contribution >= 0.6 is 11.6 Å². The lowest BCUT2D eigenvalue weighted by Crippen LogP contribution is -2.13. The van der Waals surface area contributed by atoms with Gasteiger partial charge in [0.1, 0.15) is 0 Å². The zero-order valence-electron chi connectivity index (χ0n) is 13.1. The molecule has 3 aromatic rings. The van der Waals surface area contributed by atoms with E-state index in [1.807, 2.05) is 6.92 Å². The molecule has 3 rings (SSSR count). The highest BCUT2D eigenvalue weighted by Gasteiger charge is 2.13. The first-order chi connectivity index (χ1) is 11.9. The Kier molecular flexibility index (Phi) is 4.49. The average molecular weight is 357 g/mol. The predicted molar refractivity (Wildman–Crippen MR) is 94.4 cm³/mol. The van der Waals surface area contributed by atoms with E-state index in [2.05, 4.69) is 10.4 Å². The van der Waals surface area contributed by atoms with Crippen LogP contribution in [0.3, 0.4) is 0 Å². The zero-order valence-corrected chi connectivity index (χ0v) is 13.9. The molecule has 0 bridgehead atoms. The number of nitro benzene ring substituents is 1. The quantitative estimate of drug-likeness (QED) is 0.565. The molecule has 0 radical (unpaired) electrons. The number of carbonyl (C=O) groups excluding carboxylic acids is 1. The van der Waals surface area contributed by atoms with Gasteiger partial charge in [-0.2, -0.15) is 5.10 Å². The molecule has 0 saturated carbocycles. The number of amides is 1. The number of carbonyl (C=O) groups is 1. The van der Waals surface area contributed by atoms with Crippen LogP contribution < -0.4 is 5.32 Å². The van der Waals surface area contributed by atoms with Crippen LogP contribution in [-0.4, -0.2) is 20.6 Å². The summed E-state index contributed by atoms with van der Waals surface area (Å²) < 4.78 is 1.41. The highest BCUT2D eigenvalue weighted by atomic mass is 35.5. The minimum absolute atomic E-state index is 0.0479. The summed E-state index contributed by atoms with van der Waals surface area (Å²) in [5, 5.41) is 18.3. The maximum absolute atomic E-state index is 12.3. The number of anilines is 1. The fourth-order valence-electron chi connectivity index (χ4n) is 2.20. The van der Waals surface area contributed by atoms with Crippen molar-refractivity contribution in [2.45, 2.75) is 6.92 Å². The highest BCUT2D eigenvalue weighted by molar-refractivity contribution is 6.31. The van der Waals surface area contributed by atoms with Crippen molar-refractivity contribution in [2.75, 3.05) is 5.32 Å². The first kappa shape index (κ1) is 16.7. The molecule has 0 saturated heterocycles. The number of halogens is 1. The van der Waals surface area contributed by atoms with E-state index in [-0.39, 0.29) is 11.4 Å². The maximum atomic E-state index is 12.3. The normalized spacial score (nSPS) is 10.5. The van der Waals surface area contributed by atoms with Crippen LogP contribution in [0.4, 0.5) is 11.4 Å². The standard InChI is InChI=1S/C17H13ClN4O3/c1-11-5-6-12(9-15(11)18)19-17(23)16-7-8-21(20-16)13-3-2-4-14(10-13)22(24)25/h2-10H,1H3,(H,19,23). The van der Waals surface area contributed by atoms with Gasteiger partial charge in [-0.15, -0.1) is 0 Å². The Bertz CT molecular complexity index is 968. The molecule has 0 fully saturated rings. The number of hydrogen-bond acceptors (Lipinski definition) is 4. The van der Waals surface area contributed by atoms with Crippen LogP contribution in [0.1, 0.15) is 16.1 Å². The van der Waals surface area contributed by atoms with Crippen LogP contribution in [0.25, 0.3) is 5.69 Å². The first-order valence-corrected chi connectivity index (χ1v) is 7.70. The predicted octanol–water partition coefficient (Wildman–Crippen LogP) is 3.99. The summed E-state index contributed by atoms with van der Waals surface area (Å²) in [6.07, 6.45) is 1.57. The van der Waals surface area contributed by atoms with E-state index in [0.717, 1.165) is 5.56 Å². The lowest BCUT2D eigenvalue weighted by molar-refractivity contribution is -0.384. The van der Waals surface area contributed by atoms with Crippen molar-refractivity contribution in [2.24, 2.45) is 0 Å². The molecule has 0 spiro atoms. The molecule has 126 valence electrons. The van der Waals surface area contributed by atoms with Gasteiger partial charge in [0.25, 0.3) is 11.6 Å². The number of aromatic nitrogens is 2. The second-order valence-corrected chi connectivity index (χ2v) is 5.75. The second-order valence-electron chi connectivity index (χ2n) is 5.34. The molecular formula is C17H13ClN4O3. The Labute approximate surface area is 148 Å². The number of aryl methyl sites for hydroxylation is 1. The summed E-state index contributed by atoms with van der Waals surface area (Å²) in [6, 6.07) is 12.7. The minimum Gasteiger partial charge on any atom is -0.321 e. The molecule has 0 aliphatic rings. The highest BCUT2D eigenvalue weighted by Crippen LogP contribution is 2.21. The van der Waals surface area contributed by atoms with E-state index < -0.39 is 10.8 Å². The van der Waals surface area contributed by atoms with Gasteiger partial charge >= 0.3 is 0 Å². The van der Waals surface area contributed by atoms with Crippen LogP contribution in [0.15, 0.2) is 54.7 Å². The van der Waals surface area contributed by atoms with Gasteiger partial charge in [0.2, 0.25) is 0 Å². The second kappa shape index (κ2) is 6.74. The van der Waals surface area contributed by atoms with Crippen molar-refractivity contribution in [3.05, 3.63) is 81.1 Å². The van der Waals surface area contributed by atoms with Crippen molar-refractivity contribution < 1.29 is 9.72 Å². The fourth-order valence-corrected chi connectivity index (χ4v) is 2.38. The van der Waals surface area contributed by atoms with Gasteiger partial charge in [0.05, 0.1) is 10.6 Å². The van der Waals surface area contributed by atoms with Crippen molar-refractivity contribution in [1.82, 2.24) is 9.78 Å². The average Bonchev–Trinajstić information content (AvgIpc) is 3.08. The van der Waals surface area contributed by atoms with Crippen molar-refractivity contribution >= 4 is 28.9 Å². The summed E-state index contributed by atoms with van der Waals surface area (Å²) >= 11 is 6.04. The van der Waals surface area contributed by atoms with Gasteiger partial charge in [-0.25, -0.2) is 4.68 Å². The van der Waals surface area contributed by atoms with Crippen molar-refractivity contribution in [1.29, 1.82) is 0 Å². The Morgan fingerprint density at radius 1 is 1.24 bits per heavy atom. The summed E-state index contributed by atoms with van der Waals surface area (Å²) in [5.74, 6) is -0.399. The van der Waals surface area contributed by atoms with Crippen molar-refractivity contribution in [3.8, 4) is 5.69 Å². The smallest absolute Gasteiger partial charge is 0.276 e. The largest absolute Gasteiger partial charge is 0.321 e. The molecule has 0 aliphatic heterocycles. The van der Waals surface area contributed by atoms with E-state index in [0.29, 0.717) is 16.4 Å². The van der Waals surface area contributed by atoms with Crippen LogP contribution in [-0.2, 0) is 0 Å². The third kappa shape index (κ3) is 3.67. The fraction of sp³-hybridized carbons (Fsp3) is 0.0588. The SMILES string of the molecule is Cc1ccc(NC(=O)c2ccn(-c3cccc([N+](=O)[O-])c3)n2)cc1Cl. The van der Waals surface area contributed by atoms with Crippen molar-refractivity contribution in [3.63, 3.8) is 0 Å². The molecule has 0 unspecified atom stereocenters. The molecular weight excluding hydrogens is 344 g/mol. The number of non-ortho nitro benzene ring substituents is 1. The van der Waals surface area contributed by atoms with Gasteiger partial charge < -0.3 is 5.32 Å². The monoisotopic (exact) mass is 356 g/mol. The van der Waals surface area contributed by atoms with E-state index >= 15 is 0 Å². The summed E-state index contributed by atoms with van der Waals surface area (Å²) in [6.45, 7) is 1.87. The first-order valence-electron chi connectivity index (χ1n) is 7.32. The number of nitrogens with one attached hydrogen (secondary N) is 1. The van der Waals surface area contributed by atoms with E-state index in [9.17, 15) is 14.9 Å². The molecule has 1 heterocycles. The Balaban J connectivity index is 1.81. The Morgan fingerprint density at radius 2 is 2.04 bits per heavy atom. The van der Waals surface area contributed by atoms with Crippen LogP contribution in [0, 0.1) is 17.0 Å². The number of nitrogens with zero attached hydrogens (tertiary/aromatic N) is 3. The minimum atomic E-state index is -0.484. The maximum Gasteiger partial charge on any atom is 0.276 e. The molecule has 25 heavy (non-hydrogen) atoms. The zero-order chi connectivity index (χ0) is 18.0. The lowest BCUT2D eigenvalue weighted by atomic mass is 10.2.